The summed E-state index contributed by atoms with van der Waals surface area (Å²) < 4.78 is 32.9. The topological polar surface area (TPSA) is 436 Å². The van der Waals surface area contributed by atoms with Crippen LogP contribution in [0.15, 0.2) is 30.5 Å². The number of ketones is 3. The Bertz CT molecular complexity index is 2640. The van der Waals surface area contributed by atoms with Crippen molar-refractivity contribution in [2.45, 2.75) is 129 Å². The molecule has 0 bridgehead atoms. The van der Waals surface area contributed by atoms with Gasteiger partial charge in [0.1, 0.15) is 11.6 Å². The number of hydrogen-bond acceptors (Lipinski definition) is 26. The first kappa shape index (κ1) is 73.8. The molecular formula is C56H87N13O18. The van der Waals surface area contributed by atoms with Gasteiger partial charge in [0.25, 0.3) is 12.4 Å². The van der Waals surface area contributed by atoms with Crippen LogP contribution in [0.25, 0.3) is 11.2 Å². The number of benzene rings is 1. The van der Waals surface area contributed by atoms with E-state index in [0.29, 0.717) is 97.6 Å². The lowest BCUT2D eigenvalue weighted by Crippen LogP contribution is -2.49. The minimum Gasteiger partial charge on any atom is -0.444 e. The van der Waals surface area contributed by atoms with E-state index >= 15 is 0 Å². The molecule has 31 heteroatoms. The van der Waals surface area contributed by atoms with Gasteiger partial charge in [0.05, 0.1) is 83.4 Å². The Morgan fingerprint density at radius 2 is 1.14 bits per heavy atom. The van der Waals surface area contributed by atoms with Gasteiger partial charge < -0.3 is 61.2 Å². The molecule has 87 heavy (non-hydrogen) atoms. The van der Waals surface area contributed by atoms with Crippen molar-refractivity contribution in [2.75, 3.05) is 109 Å². The second-order valence-corrected chi connectivity index (χ2v) is 20.3. The number of carbonyl (C=O) groups is 9. The van der Waals surface area contributed by atoms with E-state index in [0.717, 1.165) is 12.6 Å². The normalized spacial score (nSPS) is 12.6. The maximum atomic E-state index is 13.8. The van der Waals surface area contributed by atoms with Gasteiger partial charge in [0.15, 0.2) is 29.0 Å². The number of nitrogen functional groups attached to an aromatic ring is 2. The summed E-state index contributed by atoms with van der Waals surface area (Å²) in [5, 5.41) is 36.1. The highest BCUT2D eigenvalue weighted by molar-refractivity contribution is 5.95. The van der Waals surface area contributed by atoms with Gasteiger partial charge in [-0.2, -0.15) is 9.97 Å². The Hall–Kier alpha value is -7.49. The number of Topliss-reactive ketones (excluding diaryl/α,β-unsaturated/α-hetero) is 3. The quantitative estimate of drug-likeness (QED) is 0.0130. The lowest BCUT2D eigenvalue weighted by atomic mass is 9.87. The number of rotatable bonds is 48. The van der Waals surface area contributed by atoms with Crippen molar-refractivity contribution in [2.24, 2.45) is 11.7 Å². The molecule has 0 saturated carbocycles. The lowest BCUT2D eigenvalue weighted by molar-refractivity contribution is -0.163. The van der Waals surface area contributed by atoms with E-state index < -0.39 is 59.5 Å². The zero-order valence-corrected chi connectivity index (χ0v) is 50.1. The number of hydrogen-bond donors (Lipinski definition) is 8. The molecule has 2 heterocycles. The van der Waals surface area contributed by atoms with Crippen molar-refractivity contribution >= 4 is 82.0 Å². The van der Waals surface area contributed by atoms with Crippen LogP contribution in [0.5, 0.6) is 0 Å². The van der Waals surface area contributed by atoms with Crippen molar-refractivity contribution in [3.05, 3.63) is 41.7 Å². The summed E-state index contributed by atoms with van der Waals surface area (Å²) in [6.45, 7) is 6.70. The van der Waals surface area contributed by atoms with Crippen LogP contribution in [0.2, 0.25) is 0 Å². The molecule has 0 saturated heterocycles. The van der Waals surface area contributed by atoms with Gasteiger partial charge in [0, 0.05) is 110 Å². The Kier molecular flexibility index (Phi) is 35.3. The summed E-state index contributed by atoms with van der Waals surface area (Å²) >= 11 is 0. The fourth-order valence-corrected chi connectivity index (χ4v) is 8.41. The fourth-order valence-electron chi connectivity index (χ4n) is 8.41. The predicted octanol–water partition coefficient (Wildman–Crippen LogP) is 1.45. The van der Waals surface area contributed by atoms with Crippen molar-refractivity contribution < 1.29 is 87.2 Å². The molecule has 0 unspecified atom stereocenters. The Morgan fingerprint density at radius 1 is 0.621 bits per heavy atom. The molecule has 11 N–H and O–H groups in total. The van der Waals surface area contributed by atoms with E-state index in [9.17, 15) is 58.8 Å². The standard InChI is InChI=1S/C56H87N13O18/c1-38(71)67(79)21-5-10-42(34-49(76)47(13-7-23-69(81)40(3)73)62-55(78)46(57)12-6-22-68(80)39(2)72)48(75)14-9-25-83-27-29-85-31-33-86-32-30-84-28-26-82-24-8-11-45(74)19-20-50(87-37-70)63-54(77)41-15-17-44(18-16-41)66(4)36-43-35-60-53-51(61-43)52(58)64-56(59)65-53/h15-18,35,37,42,46-47,50,79-81H,5-14,19-34,36,57H2,1-4H3,(H,62,78)(H,63,77)(H4,58,59,60,64,65)/t42-,46+,47+,50+/m1/s1. The minimum absolute atomic E-state index is 0.00220. The van der Waals surface area contributed by atoms with Crippen LogP contribution in [0.4, 0.5) is 17.5 Å². The van der Waals surface area contributed by atoms with Gasteiger partial charge in [-0.25, -0.2) is 25.2 Å². The van der Waals surface area contributed by atoms with Crippen LogP contribution in [-0.4, -0.2) is 215 Å². The van der Waals surface area contributed by atoms with Gasteiger partial charge in [-0.15, -0.1) is 0 Å². The molecule has 3 aromatic rings. The van der Waals surface area contributed by atoms with Crippen LogP contribution in [0.1, 0.15) is 120 Å². The molecule has 4 atom stereocenters. The van der Waals surface area contributed by atoms with Crippen molar-refractivity contribution in [3.63, 3.8) is 0 Å². The number of fused-ring (bicyclic) bond motifs is 1. The number of nitrogens with one attached hydrogen (secondary N) is 2. The molecule has 2 aromatic heterocycles. The van der Waals surface area contributed by atoms with Gasteiger partial charge in [-0.05, 0) is 75.6 Å². The number of carbonyl (C=O) groups excluding carboxylic acids is 9. The third kappa shape index (κ3) is 30.1. The highest BCUT2D eigenvalue weighted by Crippen LogP contribution is 2.21. The molecule has 0 radical (unpaired) electrons. The number of anilines is 3. The van der Waals surface area contributed by atoms with E-state index in [1.807, 2.05) is 11.9 Å². The molecule has 31 nitrogen and oxygen atoms in total. The second-order valence-electron chi connectivity index (χ2n) is 20.3. The summed E-state index contributed by atoms with van der Waals surface area (Å²) in [5.41, 5.74) is 20.0. The van der Waals surface area contributed by atoms with E-state index in [1.54, 1.807) is 30.5 Å². The number of amides is 5. The van der Waals surface area contributed by atoms with Crippen molar-refractivity contribution in [1.82, 2.24) is 45.8 Å². The number of nitrogens with two attached hydrogens (primary N) is 3. The van der Waals surface area contributed by atoms with E-state index in [-0.39, 0.29) is 146 Å². The maximum Gasteiger partial charge on any atom is 0.295 e. The SMILES string of the molecule is CC(=O)N(O)CCC[C@H](CC(=O)[C@H](CCCN(O)C(C)=O)NC(=O)[C@@H](N)CCCN(O)C(C)=O)C(=O)CCCOCCOCCOCCOCCOCCCC(=O)CC[C@@H](NC(=O)c1ccc(N(C)Cc2cnc3nc(N)nc(N)c3n2)cc1)OC=O. The molecule has 3 rings (SSSR count). The number of hydroxylamine groups is 6. The summed E-state index contributed by atoms with van der Waals surface area (Å²) in [7, 11) is 1.84. The molecule has 1 aromatic carbocycles. The van der Waals surface area contributed by atoms with Gasteiger partial charge >= 0.3 is 0 Å². The summed E-state index contributed by atoms with van der Waals surface area (Å²) in [4.78, 5) is 130. The number of aromatic nitrogens is 4. The van der Waals surface area contributed by atoms with E-state index in [2.05, 4.69) is 30.6 Å². The lowest BCUT2D eigenvalue weighted by Gasteiger charge is -2.24. The molecule has 0 fully saturated rings. The zero-order valence-electron chi connectivity index (χ0n) is 50.1. The van der Waals surface area contributed by atoms with Gasteiger partial charge in [-0.1, -0.05) is 0 Å². The monoisotopic (exact) mass is 1230 g/mol. The molecule has 0 aliphatic heterocycles. The first-order valence-electron chi connectivity index (χ1n) is 28.8. The summed E-state index contributed by atoms with van der Waals surface area (Å²) in [5.74, 6) is -4.56. The predicted molar refractivity (Wildman–Crippen MR) is 311 cm³/mol. The van der Waals surface area contributed by atoms with Crippen molar-refractivity contribution in [3.8, 4) is 0 Å². The maximum absolute atomic E-state index is 13.8. The molecular weight excluding hydrogens is 1140 g/mol. The molecule has 0 aliphatic carbocycles. The van der Waals surface area contributed by atoms with Gasteiger partial charge in [0.2, 0.25) is 29.6 Å². The highest BCUT2D eigenvalue weighted by Gasteiger charge is 2.29. The third-order valence-corrected chi connectivity index (χ3v) is 13.3. The molecule has 484 valence electrons. The number of nitrogens with zero attached hydrogens (tertiary/aromatic N) is 8. The van der Waals surface area contributed by atoms with E-state index in [4.69, 9.17) is 45.6 Å². The highest BCUT2D eigenvalue weighted by atomic mass is 16.6. The average Bonchev–Trinajstić information content (AvgIpc) is 1.78. The van der Waals surface area contributed by atoms with Crippen molar-refractivity contribution in [1.29, 1.82) is 0 Å². The third-order valence-electron chi connectivity index (χ3n) is 13.3. The number of ether oxygens (including phenoxy) is 6. The largest absolute Gasteiger partial charge is 0.444 e. The van der Waals surface area contributed by atoms with Crippen LogP contribution in [0.3, 0.4) is 0 Å². The Morgan fingerprint density at radius 3 is 1.68 bits per heavy atom. The second kappa shape index (κ2) is 41.6. The fraction of sp³-hybridized carbons (Fsp3) is 0.625. The molecule has 0 aliphatic rings. The Labute approximate surface area is 505 Å². The zero-order chi connectivity index (χ0) is 64.1. The molecule has 0 spiro atoms. The summed E-state index contributed by atoms with van der Waals surface area (Å²) in [6.07, 6.45) is 2.15. The minimum atomic E-state index is -1.15. The summed E-state index contributed by atoms with van der Waals surface area (Å²) in [6, 6.07) is 4.48. The van der Waals surface area contributed by atoms with Crippen LogP contribution >= 0.6 is 0 Å². The van der Waals surface area contributed by atoms with Crippen LogP contribution < -0.4 is 32.7 Å². The average molecular weight is 1230 g/mol. The Balaban J connectivity index is 1.25. The molecule has 5 amide bonds. The van der Waals surface area contributed by atoms with E-state index in [1.165, 1.54) is 13.8 Å². The van der Waals surface area contributed by atoms with Crippen LogP contribution in [0, 0.1) is 5.92 Å². The first-order valence-corrected chi connectivity index (χ1v) is 28.8. The van der Waals surface area contributed by atoms with Crippen LogP contribution in [-0.2, 0) is 73.3 Å². The van der Waals surface area contributed by atoms with Gasteiger partial charge in [-0.3, -0.25) is 58.8 Å². The smallest absolute Gasteiger partial charge is 0.295 e. The first-order chi connectivity index (χ1) is 41.6.